The van der Waals surface area contributed by atoms with Gasteiger partial charge in [-0.3, -0.25) is 4.79 Å². The second kappa shape index (κ2) is 8.04. The molecule has 0 unspecified atom stereocenters. The van der Waals surface area contributed by atoms with Crippen LogP contribution < -0.4 is 14.2 Å². The van der Waals surface area contributed by atoms with E-state index in [0.717, 1.165) is 10.9 Å². The van der Waals surface area contributed by atoms with Crippen molar-refractivity contribution in [2.75, 3.05) is 27.8 Å². The number of hydrogen-bond donors (Lipinski definition) is 0. The van der Waals surface area contributed by atoms with Gasteiger partial charge in [0, 0.05) is 23.6 Å². The van der Waals surface area contributed by atoms with Crippen molar-refractivity contribution < 1.29 is 33.3 Å². The van der Waals surface area contributed by atoms with Gasteiger partial charge in [0.1, 0.15) is 5.75 Å². The van der Waals surface area contributed by atoms with Gasteiger partial charge in [0.2, 0.25) is 6.79 Å². The first-order valence-corrected chi connectivity index (χ1v) is 9.24. The Bertz CT molecular complexity index is 1150. The number of hydrogen-bond acceptors (Lipinski definition) is 7. The molecule has 0 N–H and O–H groups in total. The number of esters is 1. The Morgan fingerprint density at radius 3 is 2.63 bits per heavy atom. The standard InChI is InChI=1S/C23H20O7/c1-13-4-5-14-8-16(23(25)27-3)17(10-24)20(21(14)22(13)30-11-26-2)15-6-7-18-19(9-15)29-12-28-18/h4-10H,11-12H2,1-3H3. The average molecular weight is 408 g/mol. The van der Waals surface area contributed by atoms with Crippen LogP contribution in [0.1, 0.15) is 26.3 Å². The number of rotatable bonds is 6. The van der Waals surface area contributed by atoms with Crippen LogP contribution in [0.3, 0.4) is 0 Å². The van der Waals surface area contributed by atoms with Crippen LogP contribution in [0.5, 0.6) is 17.2 Å². The predicted molar refractivity (Wildman–Crippen MR) is 109 cm³/mol. The van der Waals surface area contributed by atoms with Crippen molar-refractivity contribution in [2.45, 2.75) is 6.92 Å². The van der Waals surface area contributed by atoms with Gasteiger partial charge >= 0.3 is 5.97 Å². The number of carbonyl (C=O) groups is 2. The predicted octanol–water partition coefficient (Wildman–Crippen LogP) is 4.13. The summed E-state index contributed by atoms with van der Waals surface area (Å²) < 4.78 is 26.8. The van der Waals surface area contributed by atoms with Gasteiger partial charge in [0.15, 0.2) is 24.6 Å². The molecule has 0 aromatic heterocycles. The molecular formula is C23H20O7. The van der Waals surface area contributed by atoms with E-state index in [9.17, 15) is 9.59 Å². The molecular weight excluding hydrogens is 388 g/mol. The lowest BCUT2D eigenvalue weighted by Gasteiger charge is -2.19. The van der Waals surface area contributed by atoms with Crippen molar-refractivity contribution in [3.05, 3.63) is 53.1 Å². The van der Waals surface area contributed by atoms with Crippen molar-refractivity contribution >= 4 is 23.0 Å². The van der Waals surface area contributed by atoms with Gasteiger partial charge in [-0.25, -0.2) is 4.79 Å². The molecule has 0 radical (unpaired) electrons. The zero-order chi connectivity index (χ0) is 21.3. The van der Waals surface area contributed by atoms with E-state index < -0.39 is 5.97 Å². The van der Waals surface area contributed by atoms with Crippen LogP contribution in [0, 0.1) is 6.92 Å². The molecule has 1 heterocycles. The third-order valence-corrected chi connectivity index (χ3v) is 5.00. The van der Waals surface area contributed by atoms with E-state index in [1.165, 1.54) is 14.2 Å². The molecule has 0 amide bonds. The molecule has 0 bridgehead atoms. The normalized spacial score (nSPS) is 12.1. The number of fused-ring (bicyclic) bond motifs is 2. The van der Waals surface area contributed by atoms with Gasteiger partial charge in [0.25, 0.3) is 0 Å². The topological polar surface area (TPSA) is 80.3 Å². The summed E-state index contributed by atoms with van der Waals surface area (Å²) in [6.07, 6.45) is 0.661. The van der Waals surface area contributed by atoms with E-state index in [0.29, 0.717) is 40.0 Å². The lowest BCUT2D eigenvalue weighted by Crippen LogP contribution is -2.09. The molecule has 154 valence electrons. The summed E-state index contributed by atoms with van der Waals surface area (Å²) >= 11 is 0. The maximum absolute atomic E-state index is 12.5. The Kier molecular flexibility index (Phi) is 5.29. The highest BCUT2D eigenvalue weighted by atomic mass is 16.7. The zero-order valence-electron chi connectivity index (χ0n) is 16.8. The van der Waals surface area contributed by atoms with Crippen molar-refractivity contribution in [2.24, 2.45) is 0 Å². The SMILES string of the molecule is COCOc1c(C)ccc2cc(C(=O)OC)c(C=O)c(-c3ccc4c(c3)OCO4)c12. The first-order chi connectivity index (χ1) is 14.6. The quantitative estimate of drug-likeness (QED) is 0.345. The molecule has 1 aliphatic heterocycles. The second-order valence-electron chi connectivity index (χ2n) is 6.75. The number of aldehydes is 1. The fourth-order valence-corrected chi connectivity index (χ4v) is 3.64. The fraction of sp³-hybridized carbons (Fsp3) is 0.217. The summed E-state index contributed by atoms with van der Waals surface area (Å²) in [5, 5.41) is 1.42. The molecule has 7 heteroatoms. The molecule has 3 aromatic carbocycles. The van der Waals surface area contributed by atoms with Crippen molar-refractivity contribution in [1.82, 2.24) is 0 Å². The number of carbonyl (C=O) groups excluding carboxylic acids is 2. The van der Waals surface area contributed by atoms with Crippen LogP contribution in [0.25, 0.3) is 21.9 Å². The Hall–Kier alpha value is -3.58. The monoisotopic (exact) mass is 408 g/mol. The highest BCUT2D eigenvalue weighted by Gasteiger charge is 2.24. The maximum atomic E-state index is 12.5. The second-order valence-corrected chi connectivity index (χ2v) is 6.75. The lowest BCUT2D eigenvalue weighted by molar-refractivity contribution is 0.0517. The van der Waals surface area contributed by atoms with Gasteiger partial charge in [-0.1, -0.05) is 18.2 Å². The minimum absolute atomic E-state index is 0.0374. The lowest BCUT2D eigenvalue weighted by atomic mass is 9.88. The molecule has 30 heavy (non-hydrogen) atoms. The highest BCUT2D eigenvalue weighted by molar-refractivity contribution is 6.14. The molecule has 0 aliphatic carbocycles. The third-order valence-electron chi connectivity index (χ3n) is 5.00. The summed E-state index contributed by atoms with van der Waals surface area (Å²) in [5.74, 6) is 1.15. The van der Waals surface area contributed by atoms with Crippen LogP contribution in [0.15, 0.2) is 36.4 Å². The van der Waals surface area contributed by atoms with Gasteiger partial charge in [-0.05, 0) is 41.6 Å². The van der Waals surface area contributed by atoms with Crippen LogP contribution in [0.4, 0.5) is 0 Å². The van der Waals surface area contributed by atoms with Crippen LogP contribution in [-0.2, 0) is 9.47 Å². The maximum Gasteiger partial charge on any atom is 0.338 e. The van der Waals surface area contributed by atoms with Gasteiger partial charge < -0.3 is 23.7 Å². The van der Waals surface area contributed by atoms with Crippen molar-refractivity contribution in [1.29, 1.82) is 0 Å². The summed E-state index contributed by atoms with van der Waals surface area (Å²) in [4.78, 5) is 24.7. The smallest absolute Gasteiger partial charge is 0.338 e. The molecule has 0 atom stereocenters. The van der Waals surface area contributed by atoms with Crippen LogP contribution >= 0.6 is 0 Å². The van der Waals surface area contributed by atoms with Gasteiger partial charge in [0.05, 0.1) is 12.7 Å². The number of ether oxygens (including phenoxy) is 5. The number of aryl methyl sites for hydroxylation is 1. The van der Waals surface area contributed by atoms with E-state index >= 15 is 0 Å². The molecule has 1 aliphatic rings. The fourth-order valence-electron chi connectivity index (χ4n) is 3.64. The van der Waals surface area contributed by atoms with Crippen LogP contribution in [-0.4, -0.2) is 40.1 Å². The molecule has 0 saturated heterocycles. The summed E-state index contributed by atoms with van der Waals surface area (Å²) in [6.45, 7) is 2.07. The first-order valence-electron chi connectivity index (χ1n) is 9.24. The Balaban J connectivity index is 2.11. The zero-order valence-corrected chi connectivity index (χ0v) is 16.8. The first kappa shape index (κ1) is 19.7. The van der Waals surface area contributed by atoms with E-state index in [2.05, 4.69) is 0 Å². The number of methoxy groups -OCH3 is 2. The largest absolute Gasteiger partial charge is 0.467 e. The molecule has 3 aromatic rings. The van der Waals surface area contributed by atoms with Gasteiger partial charge in [-0.15, -0.1) is 0 Å². The Labute approximate surface area is 173 Å². The average Bonchev–Trinajstić information content (AvgIpc) is 3.24. The van der Waals surface area contributed by atoms with E-state index in [4.69, 9.17) is 23.7 Å². The summed E-state index contributed by atoms with van der Waals surface area (Å²) in [5.41, 5.74) is 2.49. The summed E-state index contributed by atoms with van der Waals surface area (Å²) in [7, 11) is 2.81. The minimum atomic E-state index is -0.596. The van der Waals surface area contributed by atoms with E-state index in [1.807, 2.05) is 25.1 Å². The highest BCUT2D eigenvalue weighted by Crippen LogP contribution is 2.44. The van der Waals surface area contributed by atoms with Crippen molar-refractivity contribution in [3.8, 4) is 28.4 Å². The summed E-state index contributed by atoms with van der Waals surface area (Å²) in [6, 6.07) is 10.8. The molecule has 4 rings (SSSR count). The number of benzene rings is 3. The van der Waals surface area contributed by atoms with Crippen molar-refractivity contribution in [3.63, 3.8) is 0 Å². The molecule has 0 saturated carbocycles. The molecule has 7 nitrogen and oxygen atoms in total. The van der Waals surface area contributed by atoms with Crippen LogP contribution in [0.2, 0.25) is 0 Å². The molecule has 0 fully saturated rings. The van der Waals surface area contributed by atoms with Gasteiger partial charge in [-0.2, -0.15) is 0 Å². The minimum Gasteiger partial charge on any atom is -0.467 e. The van der Waals surface area contributed by atoms with E-state index in [1.54, 1.807) is 18.2 Å². The Morgan fingerprint density at radius 2 is 1.90 bits per heavy atom. The van der Waals surface area contributed by atoms with E-state index in [-0.39, 0.29) is 24.7 Å². The third kappa shape index (κ3) is 3.23. The Morgan fingerprint density at radius 1 is 1.10 bits per heavy atom. The molecule has 0 spiro atoms.